The van der Waals surface area contributed by atoms with E-state index in [-0.39, 0.29) is 12.2 Å². The number of ether oxygens (including phenoxy) is 2. The predicted molar refractivity (Wildman–Crippen MR) is 60.0 cm³/mol. The van der Waals surface area contributed by atoms with Crippen molar-refractivity contribution < 1.29 is 14.3 Å². The van der Waals surface area contributed by atoms with Crippen LogP contribution in [-0.4, -0.2) is 31.3 Å². The highest BCUT2D eigenvalue weighted by atomic mass is 35.5. The van der Waals surface area contributed by atoms with E-state index >= 15 is 0 Å². The second kappa shape index (κ2) is 5.48. The fraction of sp³-hybridized carbons (Fsp3) is 0.545. The van der Waals surface area contributed by atoms with Crippen LogP contribution in [-0.2, 0) is 14.3 Å². The first-order chi connectivity index (χ1) is 7.75. The minimum absolute atomic E-state index is 0.0505. The van der Waals surface area contributed by atoms with E-state index in [0.717, 1.165) is 5.03 Å². The van der Waals surface area contributed by atoms with E-state index in [1.807, 2.05) is 6.92 Å². The van der Waals surface area contributed by atoms with Crippen molar-refractivity contribution in [3.05, 3.63) is 23.3 Å². The van der Waals surface area contributed by atoms with Gasteiger partial charge in [0.2, 0.25) is 0 Å². The van der Waals surface area contributed by atoms with Gasteiger partial charge in [0.25, 0.3) is 0 Å². The van der Waals surface area contributed by atoms with Gasteiger partial charge >= 0.3 is 0 Å². The van der Waals surface area contributed by atoms with Crippen LogP contribution in [0.15, 0.2) is 22.3 Å². The molecule has 2 rings (SSSR count). The number of halogens is 1. The van der Waals surface area contributed by atoms with E-state index in [0.29, 0.717) is 25.5 Å². The van der Waals surface area contributed by atoms with Crippen LogP contribution in [0.25, 0.3) is 0 Å². The minimum Gasteiger partial charge on any atom is -0.393 e. The highest BCUT2D eigenvalue weighted by molar-refractivity contribution is 6.31. The molecule has 1 aliphatic heterocycles. The monoisotopic (exact) mass is 242 g/mol. The molecule has 0 aromatic rings. The average Bonchev–Trinajstić information content (AvgIpc) is 2.65. The van der Waals surface area contributed by atoms with Crippen LogP contribution in [0.2, 0.25) is 0 Å². The Kier molecular flexibility index (Phi) is 3.98. The first-order valence-corrected chi connectivity index (χ1v) is 5.50. The molecule has 1 saturated heterocycles. The van der Waals surface area contributed by atoms with Crippen LogP contribution in [0.5, 0.6) is 0 Å². The van der Waals surface area contributed by atoms with E-state index in [1.165, 1.54) is 0 Å². The molecule has 0 bridgehead atoms. The Bertz CT molecular complexity index is 338. The number of hydrogen-bond acceptors (Lipinski definition) is 4. The van der Waals surface area contributed by atoms with Crippen molar-refractivity contribution in [2.24, 2.45) is 5.16 Å². The zero-order valence-electron chi connectivity index (χ0n) is 8.98. The Morgan fingerprint density at radius 3 is 3.19 bits per heavy atom. The molecule has 2 aliphatic rings. The van der Waals surface area contributed by atoms with Crippen LogP contribution in [0.3, 0.4) is 0 Å². The zero-order chi connectivity index (χ0) is 11.4. The zero-order valence-corrected chi connectivity index (χ0v) is 9.74. The van der Waals surface area contributed by atoms with E-state index in [1.54, 1.807) is 12.2 Å². The highest BCUT2D eigenvalue weighted by Gasteiger charge is 2.25. The van der Waals surface area contributed by atoms with Crippen LogP contribution < -0.4 is 0 Å². The Morgan fingerprint density at radius 2 is 2.50 bits per heavy atom. The summed E-state index contributed by atoms with van der Waals surface area (Å²) < 4.78 is 10.5. The van der Waals surface area contributed by atoms with Crippen molar-refractivity contribution in [2.75, 3.05) is 13.4 Å². The van der Waals surface area contributed by atoms with Crippen LogP contribution in [0, 0.1) is 6.08 Å². The Morgan fingerprint density at radius 1 is 1.62 bits per heavy atom. The van der Waals surface area contributed by atoms with E-state index in [2.05, 4.69) is 11.2 Å². The minimum atomic E-state index is -0.0528. The molecule has 0 aromatic carbocycles. The molecular weight excluding hydrogens is 230 g/mol. The number of rotatable bonds is 3. The van der Waals surface area contributed by atoms with Gasteiger partial charge in [0, 0.05) is 17.5 Å². The molecule has 0 N–H and O–H groups in total. The topological polar surface area (TPSA) is 40.0 Å². The fourth-order valence-corrected chi connectivity index (χ4v) is 1.60. The molecule has 1 fully saturated rings. The summed E-state index contributed by atoms with van der Waals surface area (Å²) in [5.74, 6) is 0. The van der Waals surface area contributed by atoms with Crippen molar-refractivity contribution in [3.63, 3.8) is 0 Å². The molecule has 0 saturated carbocycles. The molecule has 1 aliphatic carbocycles. The van der Waals surface area contributed by atoms with Gasteiger partial charge in [-0.3, -0.25) is 0 Å². The van der Waals surface area contributed by atoms with Crippen molar-refractivity contribution in [1.29, 1.82) is 0 Å². The van der Waals surface area contributed by atoms with Crippen molar-refractivity contribution in [1.82, 2.24) is 0 Å². The van der Waals surface area contributed by atoms with Gasteiger partial charge in [-0.1, -0.05) is 22.8 Å². The van der Waals surface area contributed by atoms with E-state index in [9.17, 15) is 0 Å². The van der Waals surface area contributed by atoms with Crippen LogP contribution in [0.1, 0.15) is 13.3 Å². The first kappa shape index (κ1) is 11.6. The molecule has 87 valence electrons. The molecule has 2 atom stereocenters. The summed E-state index contributed by atoms with van der Waals surface area (Å²) in [6, 6.07) is 0. The quantitative estimate of drug-likeness (QED) is 0.711. The second-order valence-corrected chi connectivity index (χ2v) is 4.12. The van der Waals surface area contributed by atoms with Gasteiger partial charge in [-0.25, -0.2) is 0 Å². The summed E-state index contributed by atoms with van der Waals surface area (Å²) in [5.41, 5.74) is 0.694. The Labute approximate surface area is 99.5 Å². The van der Waals surface area contributed by atoms with Crippen LogP contribution >= 0.6 is 11.6 Å². The van der Waals surface area contributed by atoms with Gasteiger partial charge in [0.1, 0.15) is 19.5 Å². The number of hydrogen-bond donors (Lipinski definition) is 0. The lowest BCUT2D eigenvalue weighted by molar-refractivity contribution is 0.00642. The maximum Gasteiger partial charge on any atom is 0.147 e. The number of nitrogens with zero attached hydrogens (tertiary/aromatic N) is 1. The summed E-state index contributed by atoms with van der Waals surface area (Å²) in [6.45, 7) is 2.65. The molecule has 2 unspecified atom stereocenters. The lowest BCUT2D eigenvalue weighted by Crippen LogP contribution is -2.24. The number of oxime groups is 1. The fourth-order valence-electron chi connectivity index (χ4n) is 1.41. The molecule has 16 heavy (non-hydrogen) atoms. The standard InChI is InChI=1S/C11H13ClNO3/c1-8-11(15-7-14-8)6-16-13-10-4-2-3-9(12)5-10/h2-3,8,11H,5-7H2,1H3. The van der Waals surface area contributed by atoms with Crippen LogP contribution in [0.4, 0.5) is 0 Å². The normalized spacial score (nSPS) is 31.9. The molecule has 1 radical (unpaired) electrons. The lowest BCUT2D eigenvalue weighted by Gasteiger charge is -2.11. The average molecular weight is 243 g/mol. The van der Waals surface area contributed by atoms with Gasteiger partial charge in [0.05, 0.1) is 11.8 Å². The Hall–Kier alpha value is -0.840. The Balaban J connectivity index is 1.77. The smallest absolute Gasteiger partial charge is 0.147 e. The van der Waals surface area contributed by atoms with Gasteiger partial charge in [0.15, 0.2) is 0 Å². The summed E-state index contributed by atoms with van der Waals surface area (Å²) in [6.07, 6.45) is 7.03. The number of allylic oxidation sites excluding steroid dienone is 4. The van der Waals surface area contributed by atoms with Crippen molar-refractivity contribution in [2.45, 2.75) is 25.6 Å². The molecule has 0 amide bonds. The predicted octanol–water partition coefficient (Wildman–Crippen LogP) is 2.01. The largest absolute Gasteiger partial charge is 0.393 e. The van der Waals surface area contributed by atoms with Crippen molar-refractivity contribution in [3.8, 4) is 0 Å². The summed E-state index contributed by atoms with van der Waals surface area (Å²) in [5, 5.41) is 4.68. The van der Waals surface area contributed by atoms with Gasteiger partial charge in [-0.05, 0) is 13.0 Å². The van der Waals surface area contributed by atoms with Gasteiger partial charge in [-0.2, -0.15) is 0 Å². The molecule has 4 nitrogen and oxygen atoms in total. The molecule has 5 heteroatoms. The summed E-state index contributed by atoms with van der Waals surface area (Å²) in [7, 11) is 0. The van der Waals surface area contributed by atoms with E-state index in [4.69, 9.17) is 25.9 Å². The van der Waals surface area contributed by atoms with Gasteiger partial charge < -0.3 is 14.3 Å². The summed E-state index contributed by atoms with van der Waals surface area (Å²) in [4.78, 5) is 5.19. The van der Waals surface area contributed by atoms with E-state index < -0.39 is 0 Å². The SMILES string of the molecule is CC1OCOC1CON=C1[C]=CC=C(Cl)C1. The highest BCUT2D eigenvalue weighted by Crippen LogP contribution is 2.15. The lowest BCUT2D eigenvalue weighted by atomic mass is 10.1. The second-order valence-electron chi connectivity index (χ2n) is 3.63. The molecule has 0 aromatic heterocycles. The third-order valence-electron chi connectivity index (χ3n) is 2.40. The molecule has 1 heterocycles. The maximum absolute atomic E-state index is 5.85. The van der Waals surface area contributed by atoms with Crippen molar-refractivity contribution >= 4 is 17.3 Å². The third kappa shape index (κ3) is 3.07. The maximum atomic E-state index is 5.85. The molecular formula is C11H13ClNO3. The third-order valence-corrected chi connectivity index (χ3v) is 2.66. The first-order valence-electron chi connectivity index (χ1n) is 5.12. The summed E-state index contributed by atoms with van der Waals surface area (Å²) >= 11 is 5.85. The molecule has 0 spiro atoms. The van der Waals surface area contributed by atoms with Gasteiger partial charge in [-0.15, -0.1) is 0 Å².